The van der Waals surface area contributed by atoms with Crippen molar-refractivity contribution >= 4 is 23.9 Å². The standard InChI is InChI=1S/C27H41N3O6/c1-10-14-30(25(33)21(15-17(2)3)29-26(34)36-27(6,7)8)23(24(32)28-16-22(31)35-9)20-13-11-12-18(4)19(20)5/h10-13,17,21,23H,1,14-16H2,2-9H3,(H,28,32)(H,29,34). The maximum absolute atomic E-state index is 13.9. The molecular formula is C27H41N3O6. The zero-order valence-corrected chi connectivity index (χ0v) is 22.8. The van der Waals surface area contributed by atoms with Gasteiger partial charge in [-0.05, 0) is 63.6 Å². The number of hydrogen-bond donors (Lipinski definition) is 2. The number of rotatable bonds is 11. The summed E-state index contributed by atoms with van der Waals surface area (Å²) in [4.78, 5) is 53.0. The summed E-state index contributed by atoms with van der Waals surface area (Å²) in [7, 11) is 1.23. The summed E-state index contributed by atoms with van der Waals surface area (Å²) >= 11 is 0. The highest BCUT2D eigenvalue weighted by molar-refractivity contribution is 5.93. The van der Waals surface area contributed by atoms with Crippen molar-refractivity contribution in [2.75, 3.05) is 20.2 Å². The van der Waals surface area contributed by atoms with E-state index in [1.165, 1.54) is 18.1 Å². The van der Waals surface area contributed by atoms with Gasteiger partial charge in [0.25, 0.3) is 0 Å². The topological polar surface area (TPSA) is 114 Å². The van der Waals surface area contributed by atoms with E-state index >= 15 is 0 Å². The Bertz CT molecular complexity index is 951. The SMILES string of the molecule is C=CCN(C(=O)C(CC(C)C)NC(=O)OC(C)(C)C)C(C(=O)NCC(=O)OC)c1cccc(C)c1C. The smallest absolute Gasteiger partial charge is 0.408 e. The predicted molar refractivity (Wildman–Crippen MR) is 138 cm³/mol. The van der Waals surface area contributed by atoms with Gasteiger partial charge >= 0.3 is 12.1 Å². The number of nitrogens with zero attached hydrogens (tertiary/aromatic N) is 1. The van der Waals surface area contributed by atoms with Crippen LogP contribution in [0.4, 0.5) is 4.79 Å². The zero-order chi connectivity index (χ0) is 27.6. The van der Waals surface area contributed by atoms with Gasteiger partial charge in [0, 0.05) is 6.54 Å². The van der Waals surface area contributed by atoms with Crippen LogP contribution in [-0.4, -0.2) is 60.6 Å². The van der Waals surface area contributed by atoms with Crippen molar-refractivity contribution in [2.24, 2.45) is 5.92 Å². The van der Waals surface area contributed by atoms with E-state index in [-0.39, 0.29) is 19.0 Å². The average Bonchev–Trinajstić information content (AvgIpc) is 2.77. The maximum atomic E-state index is 13.9. The fourth-order valence-electron chi connectivity index (χ4n) is 3.65. The number of carbonyl (C=O) groups is 4. The number of alkyl carbamates (subject to hydrolysis) is 1. The summed E-state index contributed by atoms with van der Waals surface area (Å²) in [6.07, 6.45) is 1.12. The first-order chi connectivity index (χ1) is 16.7. The molecule has 0 aromatic heterocycles. The number of amides is 3. The van der Waals surface area contributed by atoms with Gasteiger partial charge in [-0.2, -0.15) is 0 Å². The van der Waals surface area contributed by atoms with E-state index in [2.05, 4.69) is 21.9 Å². The van der Waals surface area contributed by atoms with Crippen molar-refractivity contribution < 1.29 is 28.7 Å². The molecule has 0 saturated carbocycles. The van der Waals surface area contributed by atoms with Crippen LogP contribution in [0.2, 0.25) is 0 Å². The van der Waals surface area contributed by atoms with E-state index in [0.29, 0.717) is 12.0 Å². The Hall–Kier alpha value is -3.36. The second-order valence-corrected chi connectivity index (χ2v) is 10.1. The molecule has 0 aliphatic rings. The summed E-state index contributed by atoms with van der Waals surface area (Å²) in [6.45, 7) is 16.3. The van der Waals surface area contributed by atoms with Crippen LogP contribution in [0.1, 0.15) is 63.8 Å². The Morgan fingerprint density at radius 1 is 1.14 bits per heavy atom. The van der Waals surface area contributed by atoms with Gasteiger partial charge < -0.3 is 25.0 Å². The summed E-state index contributed by atoms with van der Waals surface area (Å²) < 4.78 is 10.0. The van der Waals surface area contributed by atoms with E-state index in [9.17, 15) is 19.2 Å². The van der Waals surface area contributed by atoms with Gasteiger partial charge in [-0.3, -0.25) is 14.4 Å². The van der Waals surface area contributed by atoms with Gasteiger partial charge in [-0.1, -0.05) is 38.1 Å². The second kappa shape index (κ2) is 13.7. The van der Waals surface area contributed by atoms with Gasteiger partial charge in [0.2, 0.25) is 11.8 Å². The van der Waals surface area contributed by atoms with Crippen molar-refractivity contribution in [2.45, 2.75) is 72.6 Å². The third-order valence-corrected chi connectivity index (χ3v) is 5.44. The Labute approximate surface area is 214 Å². The fraction of sp³-hybridized carbons (Fsp3) is 0.556. The lowest BCUT2D eigenvalue weighted by Crippen LogP contribution is -2.53. The van der Waals surface area contributed by atoms with E-state index < -0.39 is 41.6 Å². The number of hydrogen-bond acceptors (Lipinski definition) is 6. The van der Waals surface area contributed by atoms with Crippen molar-refractivity contribution in [3.8, 4) is 0 Å². The van der Waals surface area contributed by atoms with Crippen LogP contribution >= 0.6 is 0 Å². The minimum absolute atomic E-state index is 0.0348. The lowest BCUT2D eigenvalue weighted by Gasteiger charge is -2.35. The van der Waals surface area contributed by atoms with Crippen LogP contribution in [0.5, 0.6) is 0 Å². The number of benzene rings is 1. The minimum Gasteiger partial charge on any atom is -0.468 e. The highest BCUT2D eigenvalue weighted by atomic mass is 16.6. The van der Waals surface area contributed by atoms with Gasteiger partial charge in [0.05, 0.1) is 7.11 Å². The van der Waals surface area contributed by atoms with Crippen molar-refractivity contribution in [3.63, 3.8) is 0 Å². The third kappa shape index (κ3) is 9.36. The van der Waals surface area contributed by atoms with E-state index in [1.807, 2.05) is 33.8 Å². The summed E-state index contributed by atoms with van der Waals surface area (Å²) in [5.74, 6) is -1.57. The van der Waals surface area contributed by atoms with Gasteiger partial charge in [-0.15, -0.1) is 6.58 Å². The highest BCUT2D eigenvalue weighted by Gasteiger charge is 2.37. The predicted octanol–water partition coefficient (Wildman–Crippen LogP) is 3.59. The molecule has 9 heteroatoms. The minimum atomic E-state index is -1.07. The van der Waals surface area contributed by atoms with Gasteiger partial charge in [-0.25, -0.2) is 4.79 Å². The Kier molecular flexibility index (Phi) is 11.6. The molecule has 1 aromatic rings. The molecule has 0 radical (unpaired) electrons. The first-order valence-corrected chi connectivity index (χ1v) is 12.0. The normalized spacial score (nSPS) is 12.8. The van der Waals surface area contributed by atoms with E-state index in [0.717, 1.165) is 11.1 Å². The molecule has 0 bridgehead atoms. The van der Waals surface area contributed by atoms with Crippen LogP contribution in [0.25, 0.3) is 0 Å². The van der Waals surface area contributed by atoms with Crippen LogP contribution in [0.15, 0.2) is 30.9 Å². The molecule has 0 heterocycles. The Balaban J connectivity index is 3.51. The molecule has 1 aromatic carbocycles. The van der Waals surface area contributed by atoms with Crippen molar-refractivity contribution in [1.29, 1.82) is 0 Å². The molecule has 2 atom stereocenters. The number of methoxy groups -OCH3 is 1. The van der Waals surface area contributed by atoms with Gasteiger partial charge in [0.15, 0.2) is 0 Å². The molecule has 0 aliphatic carbocycles. The molecular weight excluding hydrogens is 462 g/mol. The number of esters is 1. The molecule has 0 saturated heterocycles. The Morgan fingerprint density at radius 2 is 1.78 bits per heavy atom. The molecule has 9 nitrogen and oxygen atoms in total. The number of aryl methyl sites for hydroxylation is 1. The first kappa shape index (κ1) is 30.7. The molecule has 2 unspecified atom stereocenters. The molecule has 2 N–H and O–H groups in total. The molecule has 0 spiro atoms. The molecule has 3 amide bonds. The summed E-state index contributed by atoms with van der Waals surface area (Å²) in [5, 5.41) is 5.25. The number of carbonyl (C=O) groups excluding carboxylic acids is 4. The second-order valence-electron chi connectivity index (χ2n) is 10.1. The lowest BCUT2D eigenvalue weighted by atomic mass is 9.94. The van der Waals surface area contributed by atoms with Gasteiger partial charge in [0.1, 0.15) is 24.2 Å². The van der Waals surface area contributed by atoms with Crippen LogP contribution in [-0.2, 0) is 23.9 Å². The molecule has 200 valence electrons. The largest absolute Gasteiger partial charge is 0.468 e. The molecule has 0 fully saturated rings. The molecule has 36 heavy (non-hydrogen) atoms. The van der Waals surface area contributed by atoms with Crippen molar-refractivity contribution in [1.82, 2.24) is 15.5 Å². The van der Waals surface area contributed by atoms with Crippen LogP contribution in [0.3, 0.4) is 0 Å². The van der Waals surface area contributed by atoms with E-state index in [1.54, 1.807) is 32.9 Å². The van der Waals surface area contributed by atoms with Crippen LogP contribution in [0, 0.1) is 19.8 Å². The monoisotopic (exact) mass is 503 g/mol. The summed E-state index contributed by atoms with van der Waals surface area (Å²) in [6, 6.07) is 3.47. The molecule has 1 rings (SSSR count). The van der Waals surface area contributed by atoms with Crippen LogP contribution < -0.4 is 10.6 Å². The van der Waals surface area contributed by atoms with Crippen molar-refractivity contribution in [3.05, 3.63) is 47.5 Å². The Morgan fingerprint density at radius 3 is 2.31 bits per heavy atom. The number of nitrogens with one attached hydrogen (secondary N) is 2. The lowest BCUT2D eigenvalue weighted by molar-refractivity contribution is -0.144. The maximum Gasteiger partial charge on any atom is 0.408 e. The molecule has 0 aliphatic heterocycles. The first-order valence-electron chi connectivity index (χ1n) is 12.0. The van der Waals surface area contributed by atoms with E-state index in [4.69, 9.17) is 4.74 Å². The quantitative estimate of drug-likeness (QED) is 0.352. The third-order valence-electron chi connectivity index (χ3n) is 5.44. The average molecular weight is 504 g/mol. The zero-order valence-electron chi connectivity index (χ0n) is 22.8. The summed E-state index contributed by atoms with van der Waals surface area (Å²) in [5.41, 5.74) is 1.63. The highest BCUT2D eigenvalue weighted by Crippen LogP contribution is 2.28. The fourth-order valence-corrected chi connectivity index (χ4v) is 3.65. The number of ether oxygens (including phenoxy) is 2.